The van der Waals surface area contributed by atoms with Crippen LogP contribution in [0.1, 0.15) is 39.0 Å². The molecule has 2 heterocycles. The van der Waals surface area contributed by atoms with Gasteiger partial charge in [-0.3, -0.25) is 9.69 Å². The number of carbonyl (C=O) groups excluding carboxylic acids is 2. The maximum Gasteiger partial charge on any atom is 0.340 e. The number of phenols is 1. The van der Waals surface area contributed by atoms with Gasteiger partial charge in [-0.15, -0.1) is 0 Å². The third-order valence-corrected chi connectivity index (χ3v) is 5.15. The van der Waals surface area contributed by atoms with Crippen LogP contribution in [0.4, 0.5) is 5.69 Å². The number of aromatic nitrogens is 1. The molecule has 1 aromatic carbocycles. The van der Waals surface area contributed by atoms with Crippen molar-refractivity contribution < 1.29 is 19.4 Å². The molecule has 7 nitrogen and oxygen atoms in total. The van der Waals surface area contributed by atoms with E-state index in [-0.39, 0.29) is 11.5 Å². The van der Waals surface area contributed by atoms with Crippen molar-refractivity contribution in [3.05, 3.63) is 46.8 Å². The van der Waals surface area contributed by atoms with Gasteiger partial charge in [0.1, 0.15) is 5.75 Å². The first-order chi connectivity index (χ1) is 13.4. The van der Waals surface area contributed by atoms with E-state index < -0.39 is 5.97 Å². The van der Waals surface area contributed by atoms with Gasteiger partial charge >= 0.3 is 5.97 Å². The van der Waals surface area contributed by atoms with Gasteiger partial charge in [0.2, 0.25) is 0 Å². The van der Waals surface area contributed by atoms with Gasteiger partial charge in [-0.1, -0.05) is 0 Å². The highest BCUT2D eigenvalue weighted by Gasteiger charge is 2.25. The molecule has 0 atom stereocenters. The first kappa shape index (κ1) is 19.9. The Morgan fingerprint density at radius 1 is 1.11 bits per heavy atom. The standard InChI is InChI=1S/C21H27N3O4/c1-4-28-21(27)19-14(2)20(22-15(19)3)18(26)13-23-9-11-24(12-10-23)16-5-7-17(25)8-6-16/h5-8,22,25H,4,9-13H2,1-3H3. The van der Waals surface area contributed by atoms with Gasteiger partial charge in [0.25, 0.3) is 0 Å². The van der Waals surface area contributed by atoms with Gasteiger partial charge in [0, 0.05) is 37.6 Å². The van der Waals surface area contributed by atoms with Crippen molar-refractivity contribution in [3.63, 3.8) is 0 Å². The molecule has 2 aromatic rings. The number of H-pyrrole nitrogens is 1. The summed E-state index contributed by atoms with van der Waals surface area (Å²) in [5.74, 6) is -0.156. The summed E-state index contributed by atoms with van der Waals surface area (Å²) in [6, 6.07) is 7.17. The number of anilines is 1. The van der Waals surface area contributed by atoms with Gasteiger partial charge in [-0.05, 0) is 50.6 Å². The Morgan fingerprint density at radius 2 is 1.75 bits per heavy atom. The highest BCUT2D eigenvalue weighted by atomic mass is 16.5. The number of aryl methyl sites for hydroxylation is 1. The van der Waals surface area contributed by atoms with E-state index in [0.29, 0.717) is 35.7 Å². The monoisotopic (exact) mass is 385 g/mol. The van der Waals surface area contributed by atoms with Gasteiger partial charge in [0.05, 0.1) is 24.4 Å². The zero-order valence-electron chi connectivity index (χ0n) is 16.6. The molecule has 0 spiro atoms. The van der Waals surface area contributed by atoms with E-state index in [2.05, 4.69) is 14.8 Å². The fraction of sp³-hybridized carbons (Fsp3) is 0.429. The molecular formula is C21H27N3O4. The number of rotatable bonds is 6. The predicted octanol–water partition coefficient (Wildman–Crippen LogP) is 2.52. The van der Waals surface area contributed by atoms with Crippen molar-refractivity contribution in [1.29, 1.82) is 0 Å². The molecule has 0 bridgehead atoms. The third-order valence-electron chi connectivity index (χ3n) is 5.15. The lowest BCUT2D eigenvalue weighted by Gasteiger charge is -2.35. The second kappa shape index (κ2) is 8.48. The van der Waals surface area contributed by atoms with Gasteiger partial charge < -0.3 is 19.7 Å². The summed E-state index contributed by atoms with van der Waals surface area (Å²) in [7, 11) is 0. The number of aromatic amines is 1. The lowest BCUT2D eigenvalue weighted by atomic mass is 10.1. The number of benzene rings is 1. The smallest absolute Gasteiger partial charge is 0.340 e. The summed E-state index contributed by atoms with van der Waals surface area (Å²) in [5, 5.41) is 9.42. The molecule has 2 N–H and O–H groups in total. The fourth-order valence-electron chi connectivity index (χ4n) is 3.65. The first-order valence-electron chi connectivity index (χ1n) is 9.56. The quantitative estimate of drug-likeness (QED) is 0.587. The van der Waals surface area contributed by atoms with Crippen molar-refractivity contribution in [2.24, 2.45) is 0 Å². The Morgan fingerprint density at radius 3 is 2.36 bits per heavy atom. The van der Waals surface area contributed by atoms with Crippen molar-refractivity contribution in [1.82, 2.24) is 9.88 Å². The van der Waals surface area contributed by atoms with E-state index in [4.69, 9.17) is 4.74 Å². The summed E-state index contributed by atoms with van der Waals surface area (Å²) >= 11 is 0. The van der Waals surface area contributed by atoms with E-state index in [1.807, 2.05) is 12.1 Å². The minimum atomic E-state index is -0.393. The highest BCUT2D eigenvalue weighted by Crippen LogP contribution is 2.22. The number of nitrogens with zero attached hydrogens (tertiary/aromatic N) is 2. The van der Waals surface area contributed by atoms with Gasteiger partial charge in [-0.2, -0.15) is 0 Å². The zero-order valence-corrected chi connectivity index (χ0v) is 16.6. The van der Waals surface area contributed by atoms with Crippen LogP contribution in [-0.4, -0.2) is 66.1 Å². The van der Waals surface area contributed by atoms with Crippen molar-refractivity contribution >= 4 is 17.4 Å². The summed E-state index contributed by atoms with van der Waals surface area (Å²) < 4.78 is 5.09. The third kappa shape index (κ3) is 4.20. The molecule has 1 aromatic heterocycles. The molecule has 150 valence electrons. The maximum absolute atomic E-state index is 12.8. The number of ketones is 1. The fourth-order valence-corrected chi connectivity index (χ4v) is 3.65. The van der Waals surface area contributed by atoms with Crippen LogP contribution in [0.15, 0.2) is 24.3 Å². The van der Waals surface area contributed by atoms with Crippen LogP contribution in [0.3, 0.4) is 0 Å². The first-order valence-corrected chi connectivity index (χ1v) is 9.56. The highest BCUT2D eigenvalue weighted by molar-refractivity contribution is 6.02. The van der Waals surface area contributed by atoms with Crippen molar-refractivity contribution in [2.45, 2.75) is 20.8 Å². The van der Waals surface area contributed by atoms with Crippen LogP contribution in [0.2, 0.25) is 0 Å². The normalized spacial score (nSPS) is 14.9. The van der Waals surface area contributed by atoms with E-state index in [0.717, 1.165) is 31.9 Å². The Labute approximate surface area is 164 Å². The van der Waals surface area contributed by atoms with E-state index in [1.54, 1.807) is 32.9 Å². The number of carbonyl (C=O) groups is 2. The van der Waals surface area contributed by atoms with Crippen molar-refractivity contribution in [2.75, 3.05) is 44.2 Å². The van der Waals surface area contributed by atoms with E-state index in [1.165, 1.54) is 0 Å². The van der Waals surface area contributed by atoms with Crippen molar-refractivity contribution in [3.8, 4) is 5.75 Å². The molecule has 1 aliphatic rings. The number of ether oxygens (including phenoxy) is 1. The summed E-state index contributed by atoms with van der Waals surface area (Å²) in [6.45, 7) is 9.12. The van der Waals surface area contributed by atoms with Crippen LogP contribution >= 0.6 is 0 Å². The van der Waals surface area contributed by atoms with Crippen LogP contribution < -0.4 is 4.90 Å². The lowest BCUT2D eigenvalue weighted by Crippen LogP contribution is -2.48. The Kier molecular flexibility index (Phi) is 6.04. The molecule has 1 aliphatic heterocycles. The molecule has 0 amide bonds. The number of hydrogen-bond acceptors (Lipinski definition) is 6. The van der Waals surface area contributed by atoms with Crippen LogP contribution in [-0.2, 0) is 4.74 Å². The number of nitrogens with one attached hydrogen (secondary N) is 1. The Balaban J connectivity index is 1.61. The molecule has 1 saturated heterocycles. The zero-order chi connectivity index (χ0) is 20.3. The van der Waals surface area contributed by atoms with E-state index in [9.17, 15) is 14.7 Å². The minimum absolute atomic E-state index is 0.0192. The second-order valence-corrected chi connectivity index (χ2v) is 7.05. The number of esters is 1. The van der Waals surface area contributed by atoms with Crippen LogP contribution in [0.25, 0.3) is 0 Å². The van der Waals surface area contributed by atoms with Crippen LogP contribution in [0.5, 0.6) is 5.75 Å². The second-order valence-electron chi connectivity index (χ2n) is 7.05. The Hall–Kier alpha value is -2.80. The minimum Gasteiger partial charge on any atom is -0.508 e. The molecular weight excluding hydrogens is 358 g/mol. The number of aromatic hydroxyl groups is 1. The Bertz CT molecular complexity index is 849. The molecule has 7 heteroatoms. The summed E-state index contributed by atoms with van der Waals surface area (Å²) in [4.78, 5) is 32.4. The average Bonchev–Trinajstić information content (AvgIpc) is 2.97. The molecule has 0 saturated carbocycles. The average molecular weight is 385 g/mol. The summed E-state index contributed by atoms with van der Waals surface area (Å²) in [6.07, 6.45) is 0. The number of phenolic OH excluding ortho intramolecular Hbond substituents is 1. The number of hydrogen-bond donors (Lipinski definition) is 2. The summed E-state index contributed by atoms with van der Waals surface area (Å²) in [5.41, 5.74) is 3.34. The molecule has 28 heavy (non-hydrogen) atoms. The molecule has 1 fully saturated rings. The molecule has 3 rings (SSSR count). The largest absolute Gasteiger partial charge is 0.508 e. The SMILES string of the molecule is CCOC(=O)c1c(C)[nH]c(C(=O)CN2CCN(c3ccc(O)cc3)CC2)c1C. The molecule has 0 aliphatic carbocycles. The number of piperazine rings is 1. The molecule has 0 unspecified atom stereocenters. The topological polar surface area (TPSA) is 85.9 Å². The van der Waals surface area contributed by atoms with Gasteiger partial charge in [-0.25, -0.2) is 4.79 Å². The lowest BCUT2D eigenvalue weighted by molar-refractivity contribution is 0.0525. The number of Topliss-reactive ketones (excluding diaryl/α,β-unsaturated/α-hetero) is 1. The van der Waals surface area contributed by atoms with E-state index >= 15 is 0 Å². The molecule has 0 radical (unpaired) electrons. The maximum atomic E-state index is 12.8. The predicted molar refractivity (Wildman–Crippen MR) is 107 cm³/mol. The van der Waals surface area contributed by atoms with Crippen LogP contribution in [0, 0.1) is 13.8 Å². The van der Waals surface area contributed by atoms with Gasteiger partial charge in [0.15, 0.2) is 5.78 Å².